The topological polar surface area (TPSA) is 126 Å². The Morgan fingerprint density at radius 2 is 1.80 bits per heavy atom. The zero-order valence-corrected chi connectivity index (χ0v) is 14.4. The van der Waals surface area contributed by atoms with E-state index in [0.29, 0.717) is 25.2 Å². The predicted molar refractivity (Wildman–Crippen MR) is 88.3 cm³/mol. The van der Waals surface area contributed by atoms with Crippen LogP contribution in [0.3, 0.4) is 0 Å². The number of carboxylic acids is 2. The minimum absolute atomic E-state index is 0.0516. The molecule has 0 aromatic heterocycles. The summed E-state index contributed by atoms with van der Waals surface area (Å²) in [6, 6.07) is 0. The van der Waals surface area contributed by atoms with Gasteiger partial charge in [0.15, 0.2) is 0 Å². The summed E-state index contributed by atoms with van der Waals surface area (Å²) in [6.45, 7) is 4.37. The molecule has 2 aliphatic heterocycles. The number of hydrogen-bond acceptors (Lipinski definition) is 7. The van der Waals surface area contributed by atoms with Crippen LogP contribution in [0.1, 0.15) is 32.6 Å². The van der Waals surface area contributed by atoms with Gasteiger partial charge in [-0.15, -0.1) is 0 Å². The lowest BCUT2D eigenvalue weighted by molar-refractivity contribution is -0.143. The standard InChI is InChI=1S/C12H20N2O3.C4H4O4/c1-3-11(15)17-13-10-8-12(16-9-10)4-6-14(2)7-5-12;5-3(6)1-2-4(7)8/h3-9H2,1-2H3;1-2H,(H,5,6)(H,7,8)/b;2-1-. The van der Waals surface area contributed by atoms with Crippen molar-refractivity contribution in [2.45, 2.75) is 38.2 Å². The maximum absolute atomic E-state index is 11.0. The average molecular weight is 356 g/mol. The van der Waals surface area contributed by atoms with Crippen molar-refractivity contribution in [1.82, 2.24) is 4.90 Å². The molecule has 0 aromatic carbocycles. The van der Waals surface area contributed by atoms with Crippen molar-refractivity contribution < 1.29 is 34.2 Å². The molecule has 2 rings (SSSR count). The van der Waals surface area contributed by atoms with Crippen molar-refractivity contribution in [2.24, 2.45) is 5.16 Å². The first kappa shape index (κ1) is 20.8. The summed E-state index contributed by atoms with van der Waals surface area (Å²) in [5, 5.41) is 19.5. The molecule has 2 aliphatic rings. The molecule has 2 fully saturated rings. The molecule has 0 atom stereocenters. The van der Waals surface area contributed by atoms with E-state index in [-0.39, 0.29) is 11.6 Å². The fourth-order valence-electron chi connectivity index (χ4n) is 2.44. The second-order valence-corrected chi connectivity index (χ2v) is 5.94. The molecular weight excluding hydrogens is 332 g/mol. The first-order valence-corrected chi connectivity index (χ1v) is 7.98. The number of carboxylic acid groups (broad SMARTS) is 2. The van der Waals surface area contributed by atoms with Crippen LogP contribution in [0.25, 0.3) is 0 Å². The highest BCUT2D eigenvalue weighted by Crippen LogP contribution is 2.34. The Morgan fingerprint density at radius 1 is 1.24 bits per heavy atom. The van der Waals surface area contributed by atoms with Gasteiger partial charge in [-0.2, -0.15) is 0 Å². The van der Waals surface area contributed by atoms with Crippen LogP contribution in [0.15, 0.2) is 17.3 Å². The van der Waals surface area contributed by atoms with Crippen molar-refractivity contribution in [3.8, 4) is 0 Å². The number of aliphatic carboxylic acids is 2. The van der Waals surface area contributed by atoms with Gasteiger partial charge in [-0.1, -0.05) is 12.1 Å². The quantitative estimate of drug-likeness (QED) is 0.432. The molecule has 9 nitrogen and oxygen atoms in total. The monoisotopic (exact) mass is 356 g/mol. The summed E-state index contributed by atoms with van der Waals surface area (Å²) in [5.41, 5.74) is 0.806. The van der Waals surface area contributed by atoms with Gasteiger partial charge in [0.2, 0.25) is 0 Å². The number of oxime groups is 1. The van der Waals surface area contributed by atoms with Gasteiger partial charge in [0.1, 0.15) is 0 Å². The molecule has 0 unspecified atom stereocenters. The van der Waals surface area contributed by atoms with Gasteiger partial charge < -0.3 is 24.7 Å². The lowest BCUT2D eigenvalue weighted by atomic mass is 9.88. The molecule has 9 heteroatoms. The third kappa shape index (κ3) is 7.90. The molecule has 0 amide bonds. The van der Waals surface area contributed by atoms with E-state index in [1.807, 2.05) is 0 Å². The molecule has 0 bridgehead atoms. The van der Waals surface area contributed by atoms with E-state index in [0.717, 1.165) is 38.1 Å². The lowest BCUT2D eigenvalue weighted by Crippen LogP contribution is -2.42. The number of rotatable bonds is 4. The molecule has 0 radical (unpaired) electrons. The Bertz CT molecular complexity index is 533. The molecule has 0 aromatic rings. The Balaban J connectivity index is 0.000000333. The summed E-state index contributed by atoms with van der Waals surface area (Å²) in [5.74, 6) is -2.80. The van der Waals surface area contributed by atoms with Crippen molar-refractivity contribution >= 4 is 23.6 Å². The minimum Gasteiger partial charge on any atom is -0.478 e. The van der Waals surface area contributed by atoms with Gasteiger partial charge >= 0.3 is 17.9 Å². The van der Waals surface area contributed by atoms with Crippen LogP contribution in [0.5, 0.6) is 0 Å². The van der Waals surface area contributed by atoms with Crippen LogP contribution < -0.4 is 0 Å². The molecule has 2 heterocycles. The second kappa shape index (κ2) is 9.90. The molecule has 0 saturated carbocycles. The SMILES string of the molecule is CCC(=O)ON=C1COC2(CCN(C)CC2)C1.O=C(O)/C=C\C(=O)O. The van der Waals surface area contributed by atoms with Gasteiger partial charge in [-0.3, -0.25) is 0 Å². The molecular formula is C16H24N2O7. The first-order chi connectivity index (χ1) is 11.8. The van der Waals surface area contributed by atoms with Gasteiger partial charge in [0.05, 0.1) is 17.9 Å². The van der Waals surface area contributed by atoms with E-state index in [1.54, 1.807) is 6.92 Å². The van der Waals surface area contributed by atoms with Crippen LogP contribution >= 0.6 is 0 Å². The minimum atomic E-state index is -1.26. The van der Waals surface area contributed by atoms with Crippen LogP contribution in [-0.4, -0.2) is 71.1 Å². The highest BCUT2D eigenvalue weighted by atomic mass is 16.7. The van der Waals surface area contributed by atoms with Crippen molar-refractivity contribution in [3.05, 3.63) is 12.2 Å². The number of piperidine rings is 1. The maximum Gasteiger partial charge on any atom is 0.334 e. The van der Waals surface area contributed by atoms with Crippen molar-refractivity contribution in [2.75, 3.05) is 26.7 Å². The van der Waals surface area contributed by atoms with Crippen molar-refractivity contribution in [3.63, 3.8) is 0 Å². The molecule has 140 valence electrons. The van der Waals surface area contributed by atoms with Crippen molar-refractivity contribution in [1.29, 1.82) is 0 Å². The summed E-state index contributed by atoms with van der Waals surface area (Å²) in [7, 11) is 2.12. The largest absolute Gasteiger partial charge is 0.478 e. The normalized spacial score (nSPS) is 21.1. The third-order valence-electron chi connectivity index (χ3n) is 3.90. The Labute approximate surface area is 145 Å². The van der Waals surface area contributed by atoms with Crippen LogP contribution in [0.4, 0.5) is 0 Å². The highest BCUT2D eigenvalue weighted by Gasteiger charge is 2.40. The van der Waals surface area contributed by atoms with E-state index in [1.165, 1.54) is 0 Å². The number of nitrogens with zero attached hydrogens (tertiary/aromatic N) is 2. The number of hydrogen-bond donors (Lipinski definition) is 2. The summed E-state index contributed by atoms with van der Waals surface area (Å²) >= 11 is 0. The summed E-state index contributed by atoms with van der Waals surface area (Å²) in [4.78, 5) is 37.2. The number of carbonyl (C=O) groups excluding carboxylic acids is 1. The Morgan fingerprint density at radius 3 is 2.28 bits per heavy atom. The van der Waals surface area contributed by atoms with E-state index in [2.05, 4.69) is 17.1 Å². The fourth-order valence-corrected chi connectivity index (χ4v) is 2.44. The highest BCUT2D eigenvalue weighted by molar-refractivity contribution is 5.89. The van der Waals surface area contributed by atoms with Crippen LogP contribution in [0, 0.1) is 0 Å². The Kier molecular flexibility index (Phi) is 8.23. The van der Waals surface area contributed by atoms with Crippen LogP contribution in [0.2, 0.25) is 0 Å². The van der Waals surface area contributed by atoms with E-state index >= 15 is 0 Å². The van der Waals surface area contributed by atoms with Crippen LogP contribution in [-0.2, 0) is 24.0 Å². The van der Waals surface area contributed by atoms with E-state index in [9.17, 15) is 14.4 Å². The van der Waals surface area contributed by atoms with Gasteiger partial charge in [-0.25, -0.2) is 14.4 Å². The smallest absolute Gasteiger partial charge is 0.334 e. The summed E-state index contributed by atoms with van der Waals surface area (Å²) < 4.78 is 5.86. The average Bonchev–Trinajstić information content (AvgIpc) is 2.97. The second-order valence-electron chi connectivity index (χ2n) is 5.94. The molecule has 0 aliphatic carbocycles. The van der Waals surface area contributed by atoms with E-state index in [4.69, 9.17) is 19.8 Å². The zero-order valence-electron chi connectivity index (χ0n) is 14.4. The zero-order chi connectivity index (χ0) is 18.9. The Hall–Kier alpha value is -2.26. The molecule has 25 heavy (non-hydrogen) atoms. The van der Waals surface area contributed by atoms with Gasteiger partial charge in [-0.05, 0) is 19.9 Å². The summed E-state index contributed by atoms with van der Waals surface area (Å²) in [6.07, 6.45) is 4.34. The fraction of sp³-hybridized carbons (Fsp3) is 0.625. The first-order valence-electron chi connectivity index (χ1n) is 7.98. The number of ether oxygens (including phenoxy) is 1. The lowest BCUT2D eigenvalue weighted by Gasteiger charge is -2.36. The van der Waals surface area contributed by atoms with E-state index < -0.39 is 11.9 Å². The molecule has 2 saturated heterocycles. The third-order valence-corrected chi connectivity index (χ3v) is 3.90. The van der Waals surface area contributed by atoms with Gasteiger partial charge in [0.25, 0.3) is 0 Å². The van der Waals surface area contributed by atoms with Gasteiger partial charge in [0, 0.05) is 38.1 Å². The predicted octanol–water partition coefficient (Wildman–Crippen LogP) is 0.892. The number of carbonyl (C=O) groups is 3. The number of likely N-dealkylation sites (tertiary alicyclic amines) is 1. The molecule has 1 spiro atoms. The maximum atomic E-state index is 11.0. The molecule has 2 N–H and O–H groups in total.